The van der Waals surface area contributed by atoms with Gasteiger partial charge in [0.05, 0.1) is 0 Å². The van der Waals surface area contributed by atoms with Crippen LogP contribution in [0.4, 0.5) is 4.39 Å². The normalized spacial score (nSPS) is 16.9. The minimum Gasteiger partial charge on any atom is -0.295 e. The number of likely N-dealkylation sites (tertiary alicyclic amines) is 1. The lowest BCUT2D eigenvalue weighted by Gasteiger charge is -2.28. The molecule has 1 heterocycles. The maximum atomic E-state index is 13.8. The lowest BCUT2D eigenvalue weighted by Crippen LogP contribution is -2.37. The third-order valence-electron chi connectivity index (χ3n) is 4.44. The molecule has 4 nitrogen and oxygen atoms in total. The fraction of sp³-hybridized carbons (Fsp3) is 0.333. The summed E-state index contributed by atoms with van der Waals surface area (Å²) in [6, 6.07) is 12.6. The van der Waals surface area contributed by atoms with Gasteiger partial charge in [-0.1, -0.05) is 41.9 Å². The molecule has 1 fully saturated rings. The van der Waals surface area contributed by atoms with E-state index >= 15 is 0 Å². The smallest absolute Gasteiger partial charge is 0.243 e. The highest BCUT2D eigenvalue weighted by molar-refractivity contribution is 7.89. The van der Waals surface area contributed by atoms with Crippen molar-refractivity contribution >= 4 is 21.6 Å². The zero-order valence-electron chi connectivity index (χ0n) is 13.7. The SMILES string of the molecule is O=S(=O)(NC[C@H](c1ccccc1Cl)N1CCCC1)c1ccccc1F. The van der Waals surface area contributed by atoms with Crippen LogP contribution in [0, 0.1) is 5.82 Å². The second-order valence-electron chi connectivity index (χ2n) is 6.06. The molecule has 0 bridgehead atoms. The first-order chi connectivity index (χ1) is 12.0. The average Bonchev–Trinajstić information content (AvgIpc) is 3.11. The minimum absolute atomic E-state index is 0.139. The minimum atomic E-state index is -3.93. The fourth-order valence-corrected chi connectivity index (χ4v) is 4.54. The molecule has 3 rings (SSSR count). The number of sulfonamides is 1. The number of benzene rings is 2. The highest BCUT2D eigenvalue weighted by Gasteiger charge is 2.27. The van der Waals surface area contributed by atoms with Crippen molar-refractivity contribution in [2.24, 2.45) is 0 Å². The van der Waals surface area contributed by atoms with E-state index in [4.69, 9.17) is 11.6 Å². The van der Waals surface area contributed by atoms with Crippen LogP contribution in [-0.4, -0.2) is 33.0 Å². The van der Waals surface area contributed by atoms with Gasteiger partial charge in [0.15, 0.2) is 0 Å². The molecular weight excluding hydrogens is 363 g/mol. The third kappa shape index (κ3) is 4.20. The van der Waals surface area contributed by atoms with E-state index in [1.54, 1.807) is 6.07 Å². The molecule has 1 atom stereocenters. The maximum Gasteiger partial charge on any atom is 0.243 e. The number of rotatable bonds is 6. The van der Waals surface area contributed by atoms with E-state index in [-0.39, 0.29) is 17.5 Å². The molecular formula is C18H20ClFN2O2S. The summed E-state index contributed by atoms with van der Waals surface area (Å²) < 4.78 is 41.4. The Bertz CT molecular complexity index is 838. The highest BCUT2D eigenvalue weighted by atomic mass is 35.5. The Balaban J connectivity index is 1.84. The van der Waals surface area contributed by atoms with Crippen molar-refractivity contribution < 1.29 is 12.8 Å². The van der Waals surface area contributed by atoms with Gasteiger partial charge in [0, 0.05) is 17.6 Å². The number of hydrogen-bond donors (Lipinski definition) is 1. The van der Waals surface area contributed by atoms with Gasteiger partial charge in [-0.05, 0) is 49.7 Å². The first kappa shape index (κ1) is 18.3. The number of nitrogens with one attached hydrogen (secondary N) is 1. The van der Waals surface area contributed by atoms with Gasteiger partial charge < -0.3 is 0 Å². The van der Waals surface area contributed by atoms with Crippen LogP contribution in [0.1, 0.15) is 24.4 Å². The summed E-state index contributed by atoms with van der Waals surface area (Å²) in [5.41, 5.74) is 0.877. The van der Waals surface area contributed by atoms with Crippen LogP contribution in [-0.2, 0) is 10.0 Å². The van der Waals surface area contributed by atoms with Gasteiger partial charge in [-0.25, -0.2) is 17.5 Å². The Kier molecular flexibility index (Phi) is 5.74. The van der Waals surface area contributed by atoms with Gasteiger partial charge in [-0.3, -0.25) is 4.90 Å². The summed E-state index contributed by atoms with van der Waals surface area (Å²) >= 11 is 6.33. The summed E-state index contributed by atoms with van der Waals surface area (Å²) in [6.45, 7) is 1.91. The van der Waals surface area contributed by atoms with Crippen molar-refractivity contribution in [2.75, 3.05) is 19.6 Å². The maximum absolute atomic E-state index is 13.8. The molecule has 1 aliphatic heterocycles. The Labute approximate surface area is 152 Å². The summed E-state index contributed by atoms with van der Waals surface area (Å²) in [5, 5.41) is 0.601. The molecule has 0 radical (unpaired) electrons. The van der Waals surface area contributed by atoms with Gasteiger partial charge >= 0.3 is 0 Å². The zero-order valence-corrected chi connectivity index (χ0v) is 15.2. The van der Waals surface area contributed by atoms with Gasteiger partial charge in [-0.15, -0.1) is 0 Å². The van der Waals surface area contributed by atoms with E-state index in [1.807, 2.05) is 18.2 Å². The number of halogens is 2. The third-order valence-corrected chi connectivity index (χ3v) is 6.24. The Hall–Kier alpha value is -1.47. The summed E-state index contributed by atoms with van der Waals surface area (Å²) in [4.78, 5) is 1.87. The highest BCUT2D eigenvalue weighted by Crippen LogP contribution is 2.30. The molecule has 0 saturated carbocycles. The topological polar surface area (TPSA) is 49.4 Å². The van der Waals surface area contributed by atoms with E-state index in [0.29, 0.717) is 5.02 Å². The van der Waals surface area contributed by atoms with Crippen LogP contribution in [0.25, 0.3) is 0 Å². The van der Waals surface area contributed by atoms with E-state index in [2.05, 4.69) is 9.62 Å². The van der Waals surface area contributed by atoms with Crippen LogP contribution >= 0.6 is 11.6 Å². The predicted octanol–water partition coefficient (Wildman–Crippen LogP) is 3.59. The number of hydrogen-bond acceptors (Lipinski definition) is 3. The molecule has 1 aliphatic rings. The second kappa shape index (κ2) is 7.83. The average molecular weight is 383 g/mol. The van der Waals surface area contributed by atoms with E-state index in [0.717, 1.165) is 37.6 Å². The molecule has 0 unspecified atom stereocenters. The van der Waals surface area contributed by atoms with Crippen molar-refractivity contribution in [3.63, 3.8) is 0 Å². The molecule has 7 heteroatoms. The van der Waals surface area contributed by atoms with Crippen molar-refractivity contribution in [1.82, 2.24) is 9.62 Å². The molecule has 2 aromatic rings. The van der Waals surface area contributed by atoms with Gasteiger partial charge in [0.2, 0.25) is 10.0 Å². The molecule has 25 heavy (non-hydrogen) atoms. The monoisotopic (exact) mass is 382 g/mol. The lowest BCUT2D eigenvalue weighted by molar-refractivity contribution is 0.246. The lowest BCUT2D eigenvalue weighted by atomic mass is 10.1. The quantitative estimate of drug-likeness (QED) is 0.830. The Morgan fingerprint density at radius 3 is 2.40 bits per heavy atom. The van der Waals surface area contributed by atoms with Crippen LogP contribution in [0.15, 0.2) is 53.4 Å². The molecule has 0 aliphatic carbocycles. The van der Waals surface area contributed by atoms with Crippen molar-refractivity contribution in [3.8, 4) is 0 Å². The van der Waals surface area contributed by atoms with Crippen LogP contribution in [0.2, 0.25) is 5.02 Å². The van der Waals surface area contributed by atoms with Crippen LogP contribution < -0.4 is 4.72 Å². The van der Waals surface area contributed by atoms with Crippen molar-refractivity contribution in [3.05, 3.63) is 64.9 Å². The molecule has 0 aromatic heterocycles. The summed E-state index contributed by atoms with van der Waals surface area (Å²) in [6.07, 6.45) is 2.14. The van der Waals surface area contributed by atoms with Crippen molar-refractivity contribution in [2.45, 2.75) is 23.8 Å². The zero-order chi connectivity index (χ0) is 17.9. The molecule has 1 N–H and O–H groups in total. The fourth-order valence-electron chi connectivity index (χ4n) is 3.16. The Morgan fingerprint density at radius 2 is 1.72 bits per heavy atom. The van der Waals surface area contributed by atoms with Gasteiger partial charge in [0.25, 0.3) is 0 Å². The van der Waals surface area contributed by atoms with E-state index < -0.39 is 15.8 Å². The van der Waals surface area contributed by atoms with E-state index in [9.17, 15) is 12.8 Å². The van der Waals surface area contributed by atoms with Crippen LogP contribution in [0.5, 0.6) is 0 Å². The molecule has 0 amide bonds. The number of nitrogens with zero attached hydrogens (tertiary/aromatic N) is 1. The molecule has 1 saturated heterocycles. The largest absolute Gasteiger partial charge is 0.295 e. The van der Waals surface area contributed by atoms with Crippen LogP contribution in [0.3, 0.4) is 0 Å². The summed E-state index contributed by atoms with van der Waals surface area (Å²) in [7, 11) is -3.93. The first-order valence-electron chi connectivity index (χ1n) is 8.22. The predicted molar refractivity (Wildman–Crippen MR) is 96.6 cm³/mol. The molecule has 134 valence electrons. The summed E-state index contributed by atoms with van der Waals surface area (Å²) in [5.74, 6) is -0.759. The molecule has 0 spiro atoms. The van der Waals surface area contributed by atoms with E-state index in [1.165, 1.54) is 18.2 Å². The second-order valence-corrected chi connectivity index (χ2v) is 8.21. The molecule has 2 aromatic carbocycles. The standard InChI is InChI=1S/C18H20ClFN2O2S/c19-15-8-2-1-7-14(15)17(22-11-5-6-12-22)13-21-25(23,24)18-10-4-3-9-16(18)20/h1-4,7-10,17,21H,5-6,11-13H2/t17-/m1/s1. The Morgan fingerprint density at radius 1 is 1.08 bits per heavy atom. The van der Waals surface area contributed by atoms with Gasteiger partial charge in [-0.2, -0.15) is 0 Å². The van der Waals surface area contributed by atoms with Gasteiger partial charge in [0.1, 0.15) is 10.7 Å². The first-order valence-corrected chi connectivity index (χ1v) is 10.1. The van der Waals surface area contributed by atoms with Crippen molar-refractivity contribution in [1.29, 1.82) is 0 Å².